The number of rotatable bonds is 7. The summed E-state index contributed by atoms with van der Waals surface area (Å²) < 4.78 is 39.3. The van der Waals surface area contributed by atoms with Crippen LogP contribution in [-0.2, 0) is 7.05 Å². The summed E-state index contributed by atoms with van der Waals surface area (Å²) in [6, 6.07) is 4.41. The van der Waals surface area contributed by atoms with E-state index < -0.39 is 23.3 Å². The number of aryl methyl sites for hydroxylation is 1. The number of hydrogen-bond donors (Lipinski definition) is 2. The Hall–Kier alpha value is -4.62. The van der Waals surface area contributed by atoms with Gasteiger partial charge in [0.05, 0.1) is 17.9 Å². The van der Waals surface area contributed by atoms with Crippen LogP contribution in [0.1, 0.15) is 46.5 Å². The lowest BCUT2D eigenvalue weighted by Crippen LogP contribution is -2.48. The summed E-state index contributed by atoms with van der Waals surface area (Å²) in [6.45, 7) is 6.00. The van der Waals surface area contributed by atoms with Crippen molar-refractivity contribution < 1.29 is 23.4 Å². The number of amides is 1. The van der Waals surface area contributed by atoms with E-state index in [9.17, 15) is 9.90 Å². The number of halogens is 2. The van der Waals surface area contributed by atoms with Gasteiger partial charge in [-0.1, -0.05) is 0 Å². The Morgan fingerprint density at radius 1 is 1.14 bits per heavy atom. The molecule has 0 unspecified atom stereocenters. The second-order valence-electron chi connectivity index (χ2n) is 11.5. The van der Waals surface area contributed by atoms with Crippen molar-refractivity contribution in [1.29, 1.82) is 0 Å². The number of pyridine rings is 1. The fraction of sp³-hybridized carbons (Fsp3) is 0.429. The SMILES string of the molecule is Cn1cc(-c2cnc(N)c(-c3nnnn3-c3ccc(OC4CCC(CN(C(=O)O)C(C)(C)C)CC4)c(F)c3F)c2)cn1. The summed E-state index contributed by atoms with van der Waals surface area (Å²) >= 11 is 0. The highest BCUT2D eigenvalue weighted by Gasteiger charge is 2.32. The first kappa shape index (κ1) is 28.9. The molecule has 3 heterocycles. The molecule has 0 radical (unpaired) electrons. The molecule has 1 amide bonds. The zero-order chi connectivity index (χ0) is 30.2. The van der Waals surface area contributed by atoms with Crippen molar-refractivity contribution in [2.75, 3.05) is 12.3 Å². The Morgan fingerprint density at radius 2 is 1.88 bits per heavy atom. The van der Waals surface area contributed by atoms with Crippen molar-refractivity contribution in [3.05, 3.63) is 48.4 Å². The van der Waals surface area contributed by atoms with Gasteiger partial charge in [0.15, 0.2) is 17.4 Å². The van der Waals surface area contributed by atoms with Crippen LogP contribution in [0.15, 0.2) is 36.8 Å². The lowest BCUT2D eigenvalue weighted by atomic mass is 9.86. The Balaban J connectivity index is 1.32. The lowest BCUT2D eigenvalue weighted by molar-refractivity contribution is 0.0682. The van der Waals surface area contributed by atoms with Gasteiger partial charge in [0, 0.05) is 42.7 Å². The fourth-order valence-electron chi connectivity index (χ4n) is 5.19. The maximum atomic E-state index is 15.4. The van der Waals surface area contributed by atoms with Crippen LogP contribution in [0.4, 0.5) is 19.4 Å². The molecular formula is C28H33F2N9O3. The lowest BCUT2D eigenvalue weighted by Gasteiger charge is -2.38. The van der Waals surface area contributed by atoms with E-state index in [2.05, 4.69) is 25.6 Å². The van der Waals surface area contributed by atoms with Crippen LogP contribution < -0.4 is 10.5 Å². The third-order valence-corrected chi connectivity index (χ3v) is 7.49. The second-order valence-corrected chi connectivity index (χ2v) is 11.5. The molecule has 1 fully saturated rings. The molecule has 0 spiro atoms. The van der Waals surface area contributed by atoms with Crippen LogP contribution in [0.2, 0.25) is 0 Å². The smallest absolute Gasteiger partial charge is 0.407 e. The van der Waals surface area contributed by atoms with E-state index in [-0.39, 0.29) is 35.1 Å². The Morgan fingerprint density at radius 3 is 2.52 bits per heavy atom. The first-order chi connectivity index (χ1) is 19.9. The second kappa shape index (κ2) is 11.3. The van der Waals surface area contributed by atoms with Gasteiger partial charge in [0.25, 0.3) is 0 Å². The molecule has 1 aliphatic carbocycles. The largest absolute Gasteiger partial charge is 0.487 e. The van der Waals surface area contributed by atoms with E-state index in [1.54, 1.807) is 36.4 Å². The van der Waals surface area contributed by atoms with Crippen LogP contribution >= 0.6 is 0 Å². The van der Waals surface area contributed by atoms with Crippen LogP contribution in [0, 0.1) is 17.6 Å². The molecule has 0 saturated heterocycles. The Labute approximate surface area is 241 Å². The summed E-state index contributed by atoms with van der Waals surface area (Å²) in [5.41, 5.74) is 7.21. The molecule has 0 atom stereocenters. The Bertz CT molecular complexity index is 1590. The molecule has 3 aromatic heterocycles. The van der Waals surface area contributed by atoms with Crippen molar-refractivity contribution in [2.24, 2.45) is 13.0 Å². The fourth-order valence-corrected chi connectivity index (χ4v) is 5.19. The Kier molecular flexibility index (Phi) is 7.80. The maximum Gasteiger partial charge on any atom is 0.407 e. The number of nitrogen functional groups attached to an aromatic ring is 1. The van der Waals surface area contributed by atoms with Gasteiger partial charge in [0.2, 0.25) is 5.82 Å². The van der Waals surface area contributed by atoms with Gasteiger partial charge in [-0.25, -0.2) is 14.2 Å². The first-order valence-electron chi connectivity index (χ1n) is 13.6. The molecule has 3 N–H and O–H groups in total. The molecule has 14 heteroatoms. The summed E-state index contributed by atoms with van der Waals surface area (Å²) in [7, 11) is 1.79. The van der Waals surface area contributed by atoms with Crippen molar-refractivity contribution in [1.82, 2.24) is 39.9 Å². The van der Waals surface area contributed by atoms with Gasteiger partial charge in [-0.15, -0.1) is 5.10 Å². The number of ether oxygens (including phenoxy) is 1. The monoisotopic (exact) mass is 581 g/mol. The predicted octanol–water partition coefficient (Wildman–Crippen LogP) is 4.70. The van der Waals surface area contributed by atoms with Gasteiger partial charge in [-0.05, 0) is 81.0 Å². The van der Waals surface area contributed by atoms with Crippen molar-refractivity contribution >= 4 is 11.9 Å². The zero-order valence-electron chi connectivity index (χ0n) is 23.8. The van der Waals surface area contributed by atoms with Crippen LogP contribution in [0.5, 0.6) is 5.75 Å². The number of tetrazole rings is 1. The molecule has 12 nitrogen and oxygen atoms in total. The van der Waals surface area contributed by atoms with Crippen molar-refractivity contribution in [2.45, 2.75) is 58.1 Å². The van der Waals surface area contributed by atoms with E-state index in [0.717, 1.165) is 10.2 Å². The minimum Gasteiger partial charge on any atom is -0.487 e. The number of aromatic nitrogens is 7. The van der Waals surface area contributed by atoms with E-state index in [0.29, 0.717) is 43.4 Å². The van der Waals surface area contributed by atoms with Gasteiger partial charge < -0.3 is 20.5 Å². The molecule has 1 aromatic carbocycles. The number of nitrogens with two attached hydrogens (primary N) is 1. The third-order valence-electron chi connectivity index (χ3n) is 7.49. The topological polar surface area (TPSA) is 150 Å². The van der Waals surface area contributed by atoms with Crippen LogP contribution in [0.3, 0.4) is 0 Å². The van der Waals surface area contributed by atoms with Crippen LogP contribution in [0.25, 0.3) is 28.2 Å². The third kappa shape index (κ3) is 5.87. The molecule has 222 valence electrons. The average molecular weight is 582 g/mol. The molecule has 1 aliphatic rings. The number of nitrogens with zero attached hydrogens (tertiary/aromatic N) is 8. The summed E-state index contributed by atoms with van der Waals surface area (Å²) in [5.74, 6) is -2.18. The molecular weight excluding hydrogens is 548 g/mol. The molecule has 42 heavy (non-hydrogen) atoms. The first-order valence-corrected chi connectivity index (χ1v) is 13.6. The highest BCUT2D eigenvalue weighted by Crippen LogP contribution is 2.34. The average Bonchev–Trinajstić information content (AvgIpc) is 3.60. The standard InChI is InChI=1S/C28H33F2N9O3/c1-28(2,3)38(27(40)41)14-16-5-7-19(8-6-16)42-22-10-9-21(23(29)24(22)30)39-26(34-35-36-39)20-11-17(12-32-25(20)31)18-13-33-37(4)15-18/h9-13,15-16,19H,5-8,14H2,1-4H3,(H2,31,32)(H,40,41). The van der Waals surface area contributed by atoms with E-state index in [4.69, 9.17) is 10.5 Å². The minimum absolute atomic E-state index is 0.0849. The van der Waals surface area contributed by atoms with Crippen LogP contribution in [-0.4, -0.2) is 69.3 Å². The van der Waals surface area contributed by atoms with Gasteiger partial charge in [-0.3, -0.25) is 4.68 Å². The molecule has 0 aliphatic heterocycles. The number of anilines is 1. The van der Waals surface area contributed by atoms with Crippen molar-refractivity contribution in [3.8, 4) is 34.0 Å². The molecule has 5 rings (SSSR count). The number of benzene rings is 1. The molecule has 1 saturated carbocycles. The molecule has 0 bridgehead atoms. The maximum absolute atomic E-state index is 15.4. The van der Waals surface area contributed by atoms with Gasteiger partial charge in [0.1, 0.15) is 11.5 Å². The zero-order valence-corrected chi connectivity index (χ0v) is 23.8. The van der Waals surface area contributed by atoms with Crippen molar-refractivity contribution in [3.63, 3.8) is 0 Å². The highest BCUT2D eigenvalue weighted by atomic mass is 19.2. The van der Waals surface area contributed by atoms with E-state index in [1.165, 1.54) is 17.0 Å². The van der Waals surface area contributed by atoms with E-state index >= 15 is 8.78 Å². The summed E-state index contributed by atoms with van der Waals surface area (Å²) in [4.78, 5) is 17.4. The quantitative estimate of drug-likeness (QED) is 0.316. The van der Waals surface area contributed by atoms with Gasteiger partial charge >= 0.3 is 6.09 Å². The highest BCUT2D eigenvalue weighted by molar-refractivity contribution is 5.76. The van der Waals surface area contributed by atoms with E-state index in [1.807, 2.05) is 20.8 Å². The number of carbonyl (C=O) groups is 1. The minimum atomic E-state index is -1.17. The predicted molar refractivity (Wildman–Crippen MR) is 150 cm³/mol. The number of hydrogen-bond acceptors (Lipinski definition) is 8. The summed E-state index contributed by atoms with van der Waals surface area (Å²) in [5, 5.41) is 25.3. The van der Waals surface area contributed by atoms with Gasteiger partial charge in [-0.2, -0.15) is 14.2 Å². The number of carboxylic acid groups (broad SMARTS) is 1. The summed E-state index contributed by atoms with van der Waals surface area (Å²) in [6.07, 6.45) is 6.40. The normalized spacial score (nSPS) is 17.3. The molecule has 4 aromatic rings.